The molecule has 0 aromatic rings. The summed E-state index contributed by atoms with van der Waals surface area (Å²) in [4.78, 5) is 10.6. The van der Waals surface area contributed by atoms with E-state index in [-0.39, 0.29) is 5.78 Å². The van der Waals surface area contributed by atoms with Gasteiger partial charge in [-0.3, -0.25) is 4.21 Å². The maximum absolute atomic E-state index is 11.3. The van der Waals surface area contributed by atoms with E-state index in [0.29, 0.717) is 18.8 Å². The second-order valence-corrected chi connectivity index (χ2v) is 5.05. The first-order valence-electron chi connectivity index (χ1n) is 5.00. The van der Waals surface area contributed by atoms with Crippen LogP contribution < -0.4 is 0 Å². The molecule has 0 aliphatic carbocycles. The minimum absolute atomic E-state index is 0.218. The summed E-state index contributed by atoms with van der Waals surface area (Å²) in [6.07, 6.45) is 3.23. The average Bonchev–Trinajstić information content (AvgIpc) is 2.13. The highest BCUT2D eigenvalue weighted by molar-refractivity contribution is 7.84. The Hall–Kier alpha value is -0.220. The van der Waals surface area contributed by atoms with Gasteiger partial charge in [0, 0.05) is 42.4 Å². The summed E-state index contributed by atoms with van der Waals surface area (Å²) in [5.74, 6) is 1.65. The molecular weight excluding hydrogens is 200 g/mol. The molecule has 0 radical (unpaired) electrons. The molecule has 0 aliphatic heterocycles. The van der Waals surface area contributed by atoms with Gasteiger partial charge in [0.25, 0.3) is 0 Å². The molecule has 0 rings (SSSR count). The van der Waals surface area contributed by atoms with E-state index < -0.39 is 10.8 Å². The Kier molecular flexibility index (Phi) is 9.19. The summed E-state index contributed by atoms with van der Waals surface area (Å²) < 4.78 is 16.2. The summed E-state index contributed by atoms with van der Waals surface area (Å²) in [6.45, 7) is 2.27. The highest BCUT2D eigenvalue weighted by atomic mass is 32.2. The number of rotatable bonds is 9. The van der Waals surface area contributed by atoms with Gasteiger partial charge in [0.05, 0.1) is 0 Å². The van der Waals surface area contributed by atoms with Gasteiger partial charge < -0.3 is 9.53 Å². The first-order chi connectivity index (χ1) is 6.66. The van der Waals surface area contributed by atoms with Crippen molar-refractivity contribution in [2.75, 3.05) is 25.2 Å². The van der Waals surface area contributed by atoms with Crippen LogP contribution >= 0.6 is 0 Å². The Morgan fingerprint density at radius 1 is 1.21 bits per heavy atom. The summed E-state index contributed by atoms with van der Waals surface area (Å²) >= 11 is 0. The van der Waals surface area contributed by atoms with Crippen molar-refractivity contribution in [3.63, 3.8) is 0 Å². The highest BCUT2D eigenvalue weighted by Crippen LogP contribution is 1.99. The van der Waals surface area contributed by atoms with E-state index in [1.165, 1.54) is 0 Å². The zero-order valence-corrected chi connectivity index (χ0v) is 9.90. The largest absolute Gasteiger partial charge is 0.385 e. The van der Waals surface area contributed by atoms with Crippen molar-refractivity contribution in [2.45, 2.75) is 32.6 Å². The smallest absolute Gasteiger partial charge is 0.129 e. The Morgan fingerprint density at radius 2 is 1.86 bits per heavy atom. The number of ether oxygens (including phenoxy) is 1. The summed E-state index contributed by atoms with van der Waals surface area (Å²) in [7, 11) is 0.921. The first-order valence-corrected chi connectivity index (χ1v) is 6.49. The van der Waals surface area contributed by atoms with Crippen LogP contribution in [0, 0.1) is 0 Å². The highest BCUT2D eigenvalue weighted by Gasteiger charge is 2.00. The molecule has 0 aliphatic rings. The van der Waals surface area contributed by atoms with E-state index in [0.717, 1.165) is 25.0 Å². The third-order valence-corrected chi connectivity index (χ3v) is 3.36. The number of carbonyl (C=O) groups excluding carboxylic acids is 1. The topological polar surface area (TPSA) is 43.4 Å². The van der Waals surface area contributed by atoms with Crippen LogP contribution in [0.15, 0.2) is 0 Å². The van der Waals surface area contributed by atoms with Crippen LogP contribution in [0.25, 0.3) is 0 Å². The Labute approximate surface area is 88.7 Å². The maximum atomic E-state index is 11.3. The van der Waals surface area contributed by atoms with Crippen molar-refractivity contribution in [2.24, 2.45) is 0 Å². The monoisotopic (exact) mass is 220 g/mol. The lowest BCUT2D eigenvalue weighted by atomic mass is 10.2. The fourth-order valence-corrected chi connectivity index (χ4v) is 2.27. The van der Waals surface area contributed by atoms with E-state index in [4.69, 9.17) is 4.74 Å². The van der Waals surface area contributed by atoms with Gasteiger partial charge >= 0.3 is 0 Å². The molecule has 1 atom stereocenters. The molecule has 0 aromatic carbocycles. The number of Topliss-reactive ketones (excluding diaryl/α,β-unsaturated/α-hetero) is 1. The number of ketones is 1. The predicted octanol–water partition coefficient (Wildman–Crippen LogP) is 1.53. The Balaban J connectivity index is 3.22. The average molecular weight is 220 g/mol. The van der Waals surface area contributed by atoms with E-state index in [2.05, 4.69) is 0 Å². The molecule has 0 spiro atoms. The zero-order valence-electron chi connectivity index (χ0n) is 9.08. The lowest BCUT2D eigenvalue weighted by molar-refractivity contribution is -0.117. The van der Waals surface area contributed by atoms with E-state index >= 15 is 0 Å². The number of hydrogen-bond donors (Lipinski definition) is 0. The third-order valence-electron chi connectivity index (χ3n) is 1.87. The molecular formula is C10H20O3S. The fraction of sp³-hybridized carbons (Fsp3) is 0.900. The molecule has 0 N–H and O–H groups in total. The van der Waals surface area contributed by atoms with Gasteiger partial charge in [0.1, 0.15) is 5.78 Å². The second kappa shape index (κ2) is 9.34. The SMILES string of the molecule is COCCCS(=O)CCCCC(C)=O. The molecule has 84 valence electrons. The number of carbonyl (C=O) groups is 1. The van der Waals surface area contributed by atoms with Crippen LogP contribution in [0.3, 0.4) is 0 Å². The fourth-order valence-electron chi connectivity index (χ4n) is 1.10. The lowest BCUT2D eigenvalue weighted by Gasteiger charge is -2.01. The molecule has 0 aromatic heterocycles. The minimum atomic E-state index is -0.728. The summed E-state index contributed by atoms with van der Waals surface area (Å²) in [5, 5.41) is 0. The Bertz CT molecular complexity index is 180. The van der Waals surface area contributed by atoms with Crippen LogP contribution in [-0.2, 0) is 20.3 Å². The van der Waals surface area contributed by atoms with Crippen molar-refractivity contribution >= 4 is 16.6 Å². The van der Waals surface area contributed by atoms with E-state index in [1.54, 1.807) is 14.0 Å². The van der Waals surface area contributed by atoms with Gasteiger partial charge in [-0.25, -0.2) is 0 Å². The Morgan fingerprint density at radius 3 is 2.43 bits per heavy atom. The molecule has 4 heteroatoms. The first kappa shape index (κ1) is 13.8. The molecule has 3 nitrogen and oxygen atoms in total. The second-order valence-electron chi connectivity index (χ2n) is 3.35. The third kappa shape index (κ3) is 9.86. The van der Waals surface area contributed by atoms with Crippen molar-refractivity contribution in [3.05, 3.63) is 0 Å². The molecule has 0 saturated heterocycles. The van der Waals surface area contributed by atoms with Crippen LogP contribution in [-0.4, -0.2) is 35.2 Å². The maximum Gasteiger partial charge on any atom is 0.129 e. The summed E-state index contributed by atoms with van der Waals surface area (Å²) in [6, 6.07) is 0. The van der Waals surface area contributed by atoms with Crippen LogP contribution in [0.5, 0.6) is 0 Å². The van der Waals surface area contributed by atoms with Crippen LogP contribution in [0.2, 0.25) is 0 Å². The molecule has 0 fully saturated rings. The number of hydrogen-bond acceptors (Lipinski definition) is 3. The van der Waals surface area contributed by atoms with Crippen molar-refractivity contribution in [1.29, 1.82) is 0 Å². The summed E-state index contributed by atoms with van der Waals surface area (Å²) in [5.41, 5.74) is 0. The number of methoxy groups -OCH3 is 1. The molecule has 0 heterocycles. The number of unbranched alkanes of at least 4 members (excludes halogenated alkanes) is 1. The van der Waals surface area contributed by atoms with Crippen molar-refractivity contribution < 1.29 is 13.7 Å². The van der Waals surface area contributed by atoms with E-state index in [9.17, 15) is 9.00 Å². The molecule has 0 bridgehead atoms. The lowest BCUT2D eigenvalue weighted by Crippen LogP contribution is -2.05. The van der Waals surface area contributed by atoms with Crippen molar-refractivity contribution in [3.8, 4) is 0 Å². The standard InChI is InChI=1S/C10H20O3S/c1-10(11)6-3-4-8-14(12)9-5-7-13-2/h3-9H2,1-2H3. The van der Waals surface area contributed by atoms with Crippen molar-refractivity contribution in [1.82, 2.24) is 0 Å². The van der Waals surface area contributed by atoms with Gasteiger partial charge in [-0.05, 0) is 26.2 Å². The minimum Gasteiger partial charge on any atom is -0.385 e. The molecule has 1 unspecified atom stereocenters. The zero-order chi connectivity index (χ0) is 10.8. The van der Waals surface area contributed by atoms with Gasteiger partial charge in [-0.15, -0.1) is 0 Å². The van der Waals surface area contributed by atoms with Gasteiger partial charge in [0.15, 0.2) is 0 Å². The quantitative estimate of drug-likeness (QED) is 0.553. The van der Waals surface area contributed by atoms with Crippen LogP contribution in [0.4, 0.5) is 0 Å². The van der Waals surface area contributed by atoms with Crippen LogP contribution in [0.1, 0.15) is 32.6 Å². The molecule has 0 saturated carbocycles. The normalized spacial score (nSPS) is 12.7. The van der Waals surface area contributed by atoms with Gasteiger partial charge in [-0.1, -0.05) is 0 Å². The van der Waals surface area contributed by atoms with E-state index in [1.807, 2.05) is 0 Å². The predicted molar refractivity (Wildman–Crippen MR) is 58.9 cm³/mol. The molecule has 0 amide bonds. The molecule has 14 heavy (non-hydrogen) atoms. The van der Waals surface area contributed by atoms with Gasteiger partial charge in [0.2, 0.25) is 0 Å². The van der Waals surface area contributed by atoms with Gasteiger partial charge in [-0.2, -0.15) is 0 Å².